The molecule has 18 heavy (non-hydrogen) atoms. The Morgan fingerprint density at radius 2 is 2.17 bits per heavy atom. The molecule has 4 heteroatoms. The van der Waals surface area contributed by atoms with Crippen LogP contribution in [0.5, 0.6) is 0 Å². The second-order valence-corrected chi connectivity index (χ2v) is 6.46. The maximum absolute atomic E-state index is 12.7. The van der Waals surface area contributed by atoms with Crippen LogP contribution in [-0.4, -0.2) is 36.0 Å². The molecule has 0 atom stereocenters. The molecule has 3 nitrogen and oxygen atoms in total. The van der Waals surface area contributed by atoms with Crippen LogP contribution in [0.3, 0.4) is 0 Å². The van der Waals surface area contributed by atoms with E-state index in [1.807, 2.05) is 30.0 Å². The zero-order valence-electron chi connectivity index (χ0n) is 11.1. The lowest BCUT2D eigenvalue weighted by Gasteiger charge is -2.43. The van der Waals surface area contributed by atoms with Gasteiger partial charge in [-0.3, -0.25) is 4.79 Å². The quantitative estimate of drug-likeness (QED) is 0.783. The van der Waals surface area contributed by atoms with Gasteiger partial charge in [0.15, 0.2) is 0 Å². The van der Waals surface area contributed by atoms with Gasteiger partial charge in [0.05, 0.1) is 11.1 Å². The first kappa shape index (κ1) is 13.8. The van der Waals surface area contributed by atoms with E-state index in [1.165, 1.54) is 0 Å². The molecule has 1 amide bonds. The summed E-state index contributed by atoms with van der Waals surface area (Å²) in [5, 5.41) is 3.34. The molecule has 98 valence electrons. The van der Waals surface area contributed by atoms with Crippen LogP contribution in [0.1, 0.15) is 29.8 Å². The summed E-state index contributed by atoms with van der Waals surface area (Å²) in [5.41, 5.74) is 1.86. The van der Waals surface area contributed by atoms with Crippen LogP contribution >= 0.6 is 22.6 Å². The summed E-state index contributed by atoms with van der Waals surface area (Å²) in [5.74, 6) is 0.148. The van der Waals surface area contributed by atoms with Crippen molar-refractivity contribution in [2.24, 2.45) is 0 Å². The highest BCUT2D eigenvalue weighted by molar-refractivity contribution is 14.1. The number of hydrogen-bond donors (Lipinski definition) is 1. The van der Waals surface area contributed by atoms with Crippen LogP contribution in [0.15, 0.2) is 18.2 Å². The summed E-state index contributed by atoms with van der Waals surface area (Å²) < 4.78 is 1.06. The molecule has 0 saturated carbocycles. The van der Waals surface area contributed by atoms with E-state index in [4.69, 9.17) is 0 Å². The lowest BCUT2D eigenvalue weighted by Crippen LogP contribution is -2.59. The largest absolute Gasteiger partial charge is 0.331 e. The fourth-order valence-electron chi connectivity index (χ4n) is 2.32. The minimum Gasteiger partial charge on any atom is -0.331 e. The van der Waals surface area contributed by atoms with Crippen molar-refractivity contribution in [3.63, 3.8) is 0 Å². The van der Waals surface area contributed by atoms with E-state index < -0.39 is 0 Å². The number of amides is 1. The lowest BCUT2D eigenvalue weighted by atomic mass is 9.98. The average molecular weight is 358 g/mol. The summed E-state index contributed by atoms with van der Waals surface area (Å²) in [6.45, 7) is 8.76. The highest BCUT2D eigenvalue weighted by atomic mass is 127. The summed E-state index contributed by atoms with van der Waals surface area (Å²) >= 11 is 2.26. The van der Waals surface area contributed by atoms with Crippen molar-refractivity contribution >= 4 is 28.5 Å². The number of benzene rings is 1. The van der Waals surface area contributed by atoms with Gasteiger partial charge in [0.25, 0.3) is 5.91 Å². The van der Waals surface area contributed by atoms with E-state index in [0.717, 1.165) is 34.3 Å². The molecule has 1 aromatic carbocycles. The predicted octanol–water partition coefficient (Wildman–Crippen LogP) is 2.42. The Morgan fingerprint density at radius 3 is 2.83 bits per heavy atom. The number of carbonyl (C=O) groups excluding carboxylic acids is 1. The monoisotopic (exact) mass is 358 g/mol. The summed E-state index contributed by atoms with van der Waals surface area (Å²) in [4.78, 5) is 14.7. The van der Waals surface area contributed by atoms with Crippen LogP contribution in [-0.2, 0) is 0 Å². The van der Waals surface area contributed by atoms with Crippen LogP contribution in [0.2, 0.25) is 0 Å². The first-order valence-corrected chi connectivity index (χ1v) is 7.29. The Balaban J connectivity index is 2.33. The normalized spacial score (nSPS) is 18.8. The number of hydrogen-bond acceptors (Lipinski definition) is 2. The first-order chi connectivity index (χ1) is 8.43. The van der Waals surface area contributed by atoms with Crippen LogP contribution < -0.4 is 5.32 Å². The van der Waals surface area contributed by atoms with E-state index in [0.29, 0.717) is 0 Å². The van der Waals surface area contributed by atoms with Crippen molar-refractivity contribution in [3.05, 3.63) is 32.9 Å². The minimum atomic E-state index is -0.123. The van der Waals surface area contributed by atoms with Crippen LogP contribution in [0, 0.1) is 10.5 Å². The zero-order valence-corrected chi connectivity index (χ0v) is 13.2. The topological polar surface area (TPSA) is 32.3 Å². The van der Waals surface area contributed by atoms with Gasteiger partial charge >= 0.3 is 0 Å². The molecule has 1 fully saturated rings. The number of rotatable bonds is 1. The third-order valence-electron chi connectivity index (χ3n) is 3.47. The van der Waals surface area contributed by atoms with Gasteiger partial charge in [-0.2, -0.15) is 0 Å². The Kier molecular flexibility index (Phi) is 3.96. The van der Waals surface area contributed by atoms with E-state index in [1.54, 1.807) is 0 Å². The van der Waals surface area contributed by atoms with Crippen molar-refractivity contribution in [2.75, 3.05) is 19.6 Å². The van der Waals surface area contributed by atoms with Crippen LogP contribution in [0.4, 0.5) is 0 Å². The number of nitrogens with zero attached hydrogens (tertiary/aromatic N) is 1. The SMILES string of the molecule is Cc1cccc(C(=O)N2CCNCC2(C)C)c1I. The van der Waals surface area contributed by atoms with Crippen molar-refractivity contribution in [2.45, 2.75) is 26.3 Å². The molecule has 1 aliphatic rings. The molecular weight excluding hydrogens is 339 g/mol. The fraction of sp³-hybridized carbons (Fsp3) is 0.500. The molecule has 0 radical (unpaired) electrons. The molecule has 1 aromatic rings. The van der Waals surface area contributed by atoms with Gasteiger partial charge in [0.1, 0.15) is 0 Å². The number of piperazine rings is 1. The Hall–Kier alpha value is -0.620. The van der Waals surface area contributed by atoms with Crippen molar-refractivity contribution in [1.82, 2.24) is 10.2 Å². The van der Waals surface area contributed by atoms with Gasteiger partial charge in [-0.1, -0.05) is 12.1 Å². The second-order valence-electron chi connectivity index (χ2n) is 5.38. The maximum Gasteiger partial charge on any atom is 0.255 e. The Bertz CT molecular complexity index is 471. The highest BCUT2D eigenvalue weighted by Crippen LogP contribution is 2.23. The first-order valence-electron chi connectivity index (χ1n) is 6.21. The van der Waals surface area contributed by atoms with E-state index in [9.17, 15) is 4.79 Å². The average Bonchev–Trinajstić information content (AvgIpc) is 2.31. The standard InChI is InChI=1S/C14H19IN2O/c1-10-5-4-6-11(12(10)15)13(18)17-8-7-16-9-14(17,2)3/h4-6,16H,7-9H2,1-3H3. The van der Waals surface area contributed by atoms with Gasteiger partial charge in [0.2, 0.25) is 0 Å². The molecule has 2 rings (SSSR count). The number of aryl methyl sites for hydroxylation is 1. The van der Waals surface area contributed by atoms with Gasteiger partial charge in [-0.05, 0) is 55.0 Å². The Morgan fingerprint density at radius 1 is 1.44 bits per heavy atom. The fourth-order valence-corrected chi connectivity index (χ4v) is 2.91. The lowest BCUT2D eigenvalue weighted by molar-refractivity contribution is 0.0476. The van der Waals surface area contributed by atoms with E-state index in [-0.39, 0.29) is 11.4 Å². The molecule has 1 aliphatic heterocycles. The number of halogens is 1. The molecule has 0 bridgehead atoms. The molecule has 0 unspecified atom stereocenters. The van der Waals surface area contributed by atoms with Gasteiger partial charge in [-0.25, -0.2) is 0 Å². The smallest absolute Gasteiger partial charge is 0.255 e. The number of carbonyl (C=O) groups is 1. The molecule has 0 aliphatic carbocycles. The maximum atomic E-state index is 12.7. The zero-order chi connectivity index (χ0) is 13.3. The predicted molar refractivity (Wildman–Crippen MR) is 81.9 cm³/mol. The third kappa shape index (κ3) is 2.54. The second kappa shape index (κ2) is 5.17. The third-order valence-corrected chi connectivity index (χ3v) is 4.90. The molecule has 1 heterocycles. The summed E-state index contributed by atoms with van der Waals surface area (Å²) in [6.07, 6.45) is 0. The number of nitrogens with one attached hydrogen (secondary N) is 1. The van der Waals surface area contributed by atoms with E-state index in [2.05, 4.69) is 41.8 Å². The van der Waals surface area contributed by atoms with Crippen molar-refractivity contribution in [3.8, 4) is 0 Å². The summed E-state index contributed by atoms with van der Waals surface area (Å²) in [7, 11) is 0. The minimum absolute atomic E-state index is 0.123. The summed E-state index contributed by atoms with van der Waals surface area (Å²) in [6, 6.07) is 5.93. The molecule has 1 N–H and O–H groups in total. The molecular formula is C14H19IN2O. The van der Waals surface area contributed by atoms with Gasteiger partial charge < -0.3 is 10.2 Å². The van der Waals surface area contributed by atoms with Crippen LogP contribution in [0.25, 0.3) is 0 Å². The van der Waals surface area contributed by atoms with Crippen molar-refractivity contribution in [1.29, 1.82) is 0 Å². The highest BCUT2D eigenvalue weighted by Gasteiger charge is 2.34. The Labute approximate surface area is 122 Å². The van der Waals surface area contributed by atoms with E-state index >= 15 is 0 Å². The van der Waals surface area contributed by atoms with Gasteiger partial charge in [0, 0.05) is 23.2 Å². The molecule has 1 saturated heterocycles. The van der Waals surface area contributed by atoms with Crippen molar-refractivity contribution < 1.29 is 4.79 Å². The molecule has 0 aromatic heterocycles. The van der Waals surface area contributed by atoms with Gasteiger partial charge in [-0.15, -0.1) is 0 Å². The molecule has 0 spiro atoms.